The fraction of sp³-hybridized carbons (Fsp3) is 0.0268. The van der Waals surface area contributed by atoms with Crippen LogP contribution in [-0.2, 0) is 45.4 Å². The minimum Gasteiger partial charge on any atom is -0.258 e. The van der Waals surface area contributed by atoms with Crippen molar-refractivity contribution in [3.05, 3.63) is 461 Å². The van der Waals surface area contributed by atoms with E-state index in [1.165, 1.54) is 66.8 Å². The van der Waals surface area contributed by atoms with Gasteiger partial charge in [0.2, 0.25) is 19.7 Å². The van der Waals surface area contributed by atoms with Gasteiger partial charge in [0.1, 0.15) is 0 Å². The minimum atomic E-state index is -3.74. The van der Waals surface area contributed by atoms with Gasteiger partial charge in [-0.2, -0.15) is 0 Å². The lowest BCUT2D eigenvalue weighted by Gasteiger charge is -2.35. The molecule has 0 amide bonds. The summed E-state index contributed by atoms with van der Waals surface area (Å²) in [6.45, 7) is 0. The Morgan fingerprint density at radius 3 is 0.839 bits per heavy atom. The summed E-state index contributed by atoms with van der Waals surface area (Å²) in [7, 11) is -10.1. The van der Waals surface area contributed by atoms with E-state index in [4.69, 9.17) is 0 Å². The predicted octanol–water partition coefficient (Wildman–Crippen LogP) is 28.9. The number of hydrogen-bond donors (Lipinski definition) is 0. The molecule has 0 N–H and O–H groups in total. The number of fused-ring (bicyclic) bond motifs is 48. The molecule has 3 atom stereocenters. The molecule has 588 valence electrons. The molecule has 12 heteroatoms. The van der Waals surface area contributed by atoms with Crippen molar-refractivity contribution in [2.24, 2.45) is 0 Å². The zero-order valence-corrected chi connectivity index (χ0v) is 74.6. The van der Waals surface area contributed by atoms with Crippen LogP contribution in [0.4, 0.5) is 0 Å². The van der Waals surface area contributed by atoms with Crippen molar-refractivity contribution in [3.8, 4) is 134 Å². The molecule has 9 aliphatic rings. The molecule has 0 bridgehead atoms. The van der Waals surface area contributed by atoms with Crippen molar-refractivity contribution in [2.75, 3.05) is 0 Å². The number of rotatable bonds is 0. The maximum atomic E-state index is 14.3. The second-order valence-corrected chi connectivity index (χ2v) is 42.7. The number of halogens is 4. The van der Waals surface area contributed by atoms with Crippen molar-refractivity contribution < 1.29 is 21.0 Å². The Labute approximate surface area is 752 Å². The maximum absolute atomic E-state index is 14.3. The van der Waals surface area contributed by atoms with E-state index in [2.05, 4.69) is 355 Å². The Morgan fingerprint density at radius 1 is 0.177 bits per heavy atom. The van der Waals surface area contributed by atoms with Crippen LogP contribution in [0.15, 0.2) is 423 Å². The molecule has 27 rings (SSSR count). The molecule has 0 saturated heterocycles. The van der Waals surface area contributed by atoms with Gasteiger partial charge >= 0.3 is 0 Å². The van der Waals surface area contributed by atoms with Gasteiger partial charge in [0, 0.05) is 76.1 Å². The highest BCUT2D eigenvalue weighted by atomic mass is 79.9. The van der Waals surface area contributed by atoms with E-state index in [-0.39, 0.29) is 0 Å². The third-order valence-corrected chi connectivity index (χ3v) is 35.4. The maximum Gasteiger partial charge on any atom is 0.208 e. The van der Waals surface area contributed by atoms with Crippen LogP contribution in [0.1, 0.15) is 66.8 Å². The number of hydrogen-bond acceptors (Lipinski definition) is 5. The zero-order valence-electron chi connectivity index (χ0n) is 65.8. The van der Waals surface area contributed by atoms with E-state index in [0.29, 0.717) is 19.6 Å². The molecule has 3 spiro atoms. The average Bonchev–Trinajstić information content (AvgIpc) is 1.51. The summed E-state index contributed by atoms with van der Waals surface area (Å²) in [4.78, 5) is 3.28. The van der Waals surface area contributed by atoms with Crippen LogP contribution in [0.5, 0.6) is 0 Å². The van der Waals surface area contributed by atoms with E-state index >= 15 is 0 Å². The van der Waals surface area contributed by atoms with Gasteiger partial charge in [0.25, 0.3) is 0 Å². The Hall–Kier alpha value is -12.2. The van der Waals surface area contributed by atoms with E-state index in [9.17, 15) is 21.0 Å². The molecule has 6 aliphatic carbocycles. The molecule has 3 heterocycles. The first kappa shape index (κ1) is 74.4. The van der Waals surface area contributed by atoms with Gasteiger partial charge in [0.15, 0.2) is 0 Å². The first-order chi connectivity index (χ1) is 60.5. The standard InChI is InChI=1S/C38H23BrOS.C37H20Br2O2S.C37H21BrO2S/c1-41(40)34-17-9-6-14-29(34)37-35(41)21-20-32-36(37)28-13-5-8-16-31(28)38(32)30-15-7-4-12-26(30)24-10-2-3-11-25(24)27-19-18-23(39)22-33(27)38;38-21-13-15-25-23-7-1-2-8-24(23)26-16-14-22(39)20-33(26)37(32(25)19-21)30-11-5-3-10-29(30)35-31(37)18-17-28-27-9-4-6-12-34(27)42(40,41)36(28)35;38-22-17-19-32-29(21-22)24-10-2-1-9-23(24)25-11-3-6-14-30(25)37(32)31-15-7-4-13-28(31)35-33(37)20-18-27-26-12-5-8-16-34(26)41(39,40)36(27)35/h2-22H,1H2;1-20H;1-21H. The van der Waals surface area contributed by atoms with Crippen molar-refractivity contribution in [2.45, 2.75) is 45.6 Å². The number of sulfone groups is 2. The molecule has 3 aliphatic heterocycles. The topological polar surface area (TPSA) is 85.3 Å². The van der Waals surface area contributed by atoms with Gasteiger partial charge in [-0.1, -0.05) is 367 Å². The SMILES string of the molecule is C=S1(=O)c2ccccc2-c2c1ccc1c2-c2ccccc2C12c1ccccc1-c1ccccc1-c1ccc(Br)cc12.O=S1(=O)c2ccccc2-c2ccc3c(c21)-c1ccccc1C31c2cc(Br)ccc2-c2ccccc2-c2ccc(Br)cc21.O=S1(=O)c2ccccc2-c2ccc3c(c21)-c1ccccc1C31c2ccccc2-c2ccccc2-c2cc(Br)ccc21. The molecule has 18 aromatic carbocycles. The average molecular weight is 1910 g/mol. The second kappa shape index (κ2) is 26.7. The lowest BCUT2D eigenvalue weighted by atomic mass is 9.66. The van der Waals surface area contributed by atoms with Crippen LogP contribution < -0.4 is 0 Å². The largest absolute Gasteiger partial charge is 0.258 e. The fourth-order valence-corrected chi connectivity index (χ4v) is 30.2. The third-order valence-electron chi connectivity index (χ3n) is 27.6. The van der Waals surface area contributed by atoms with Crippen LogP contribution >= 0.6 is 63.7 Å². The van der Waals surface area contributed by atoms with Crippen LogP contribution in [0, 0.1) is 0 Å². The van der Waals surface area contributed by atoms with Gasteiger partial charge in [0.05, 0.1) is 35.8 Å². The second-order valence-electron chi connectivity index (χ2n) is 33.1. The Morgan fingerprint density at radius 2 is 0.427 bits per heavy atom. The fourth-order valence-electron chi connectivity index (χ4n) is 23.1. The van der Waals surface area contributed by atoms with Gasteiger partial charge < -0.3 is 0 Å². The van der Waals surface area contributed by atoms with Crippen LogP contribution in [0.25, 0.3) is 134 Å². The quantitative estimate of drug-likeness (QED) is 0.141. The molecular weight excluding hydrogens is 1840 g/mol. The predicted molar refractivity (Wildman–Crippen MR) is 514 cm³/mol. The Kier molecular flexibility index (Phi) is 16.0. The highest BCUT2D eigenvalue weighted by Gasteiger charge is 2.57. The smallest absolute Gasteiger partial charge is 0.208 e. The van der Waals surface area contributed by atoms with Crippen molar-refractivity contribution in [1.82, 2.24) is 0 Å². The molecule has 5 nitrogen and oxygen atoms in total. The summed E-state index contributed by atoms with van der Waals surface area (Å²) in [5.41, 5.74) is 37.0. The lowest BCUT2D eigenvalue weighted by Crippen LogP contribution is -2.29. The Balaban J connectivity index is 0.000000102. The highest BCUT2D eigenvalue weighted by Crippen LogP contribution is 2.70. The lowest BCUT2D eigenvalue weighted by molar-refractivity contribution is 0.597. The summed E-state index contributed by atoms with van der Waals surface area (Å²) in [6.07, 6.45) is 0. The summed E-state index contributed by atoms with van der Waals surface area (Å²) in [6, 6.07) is 131. The molecule has 3 unspecified atom stereocenters. The molecule has 124 heavy (non-hydrogen) atoms. The van der Waals surface area contributed by atoms with Crippen molar-refractivity contribution in [1.29, 1.82) is 0 Å². The van der Waals surface area contributed by atoms with Crippen LogP contribution in [0.3, 0.4) is 0 Å². The molecule has 0 aromatic heterocycles. The van der Waals surface area contributed by atoms with E-state index in [1.807, 2.05) is 78.9 Å². The Bertz CT molecular complexity index is 8260. The number of benzene rings is 18. The van der Waals surface area contributed by atoms with Gasteiger partial charge in [-0.3, -0.25) is 4.21 Å². The summed E-state index contributed by atoms with van der Waals surface area (Å²) >= 11 is 15.2. The first-order valence-electron chi connectivity index (χ1n) is 41.1. The summed E-state index contributed by atoms with van der Waals surface area (Å²) in [5.74, 6) is 4.28. The van der Waals surface area contributed by atoms with Gasteiger partial charge in [-0.05, 0) is 240 Å². The first-order valence-corrected chi connectivity index (χ1v) is 49.0. The monoisotopic (exact) mass is 1900 g/mol. The molecule has 0 radical (unpaired) electrons. The third kappa shape index (κ3) is 9.61. The highest BCUT2D eigenvalue weighted by molar-refractivity contribution is 9.11. The summed E-state index contributed by atoms with van der Waals surface area (Å²) < 4.78 is 75.5. The van der Waals surface area contributed by atoms with Crippen molar-refractivity contribution in [3.63, 3.8) is 0 Å². The van der Waals surface area contributed by atoms with E-state index < -0.39 is 45.4 Å². The van der Waals surface area contributed by atoms with Gasteiger partial charge in [-0.15, -0.1) is 0 Å². The summed E-state index contributed by atoms with van der Waals surface area (Å²) in [5, 5.41) is 0. The minimum absolute atomic E-state index is 0.381. The van der Waals surface area contributed by atoms with Gasteiger partial charge in [-0.25, -0.2) is 16.8 Å². The normalized spacial score (nSPS) is 17.8. The van der Waals surface area contributed by atoms with E-state index in [1.54, 1.807) is 12.1 Å². The molecule has 0 saturated carbocycles. The van der Waals surface area contributed by atoms with Crippen LogP contribution in [-0.4, -0.2) is 26.9 Å². The van der Waals surface area contributed by atoms with Crippen LogP contribution in [0.2, 0.25) is 0 Å². The molecular formula is C112H64Br4O5S3. The zero-order chi connectivity index (χ0) is 83.4. The molecule has 0 fully saturated rings. The molecule has 18 aromatic rings. The van der Waals surface area contributed by atoms with Crippen molar-refractivity contribution >= 4 is 98.8 Å². The van der Waals surface area contributed by atoms with E-state index in [0.717, 1.165) is 161 Å².